The van der Waals surface area contributed by atoms with Crippen LogP contribution in [0.15, 0.2) is 42.5 Å². The van der Waals surface area contributed by atoms with Gasteiger partial charge in [-0.25, -0.2) is 16.8 Å². The molecule has 9 heteroatoms. The Kier molecular flexibility index (Phi) is 8.31. The summed E-state index contributed by atoms with van der Waals surface area (Å²) in [5.74, 6) is 0.432. The highest BCUT2D eigenvalue weighted by Crippen LogP contribution is 2.47. The average Bonchev–Trinajstić information content (AvgIpc) is 2.79. The summed E-state index contributed by atoms with van der Waals surface area (Å²) in [5, 5.41) is 0. The van der Waals surface area contributed by atoms with E-state index < -0.39 is 23.8 Å². The zero-order valence-corrected chi connectivity index (χ0v) is 22.0. The predicted octanol–water partition coefficient (Wildman–Crippen LogP) is 3.35. The summed E-state index contributed by atoms with van der Waals surface area (Å²) >= 11 is 0. The molecular formula is C25H35NO6S2. The van der Waals surface area contributed by atoms with Crippen LogP contribution in [0.2, 0.25) is 0 Å². The van der Waals surface area contributed by atoms with E-state index in [2.05, 4.69) is 36.1 Å². The molecule has 0 aliphatic carbocycles. The van der Waals surface area contributed by atoms with Crippen molar-refractivity contribution in [3.8, 4) is 11.5 Å². The van der Waals surface area contributed by atoms with Crippen molar-refractivity contribution in [2.75, 3.05) is 45.9 Å². The van der Waals surface area contributed by atoms with Crippen LogP contribution in [0.25, 0.3) is 0 Å². The number of hydrogen-bond donors (Lipinski definition) is 0. The number of benzene rings is 2. The van der Waals surface area contributed by atoms with Crippen LogP contribution in [0.5, 0.6) is 11.5 Å². The highest BCUT2D eigenvalue weighted by atomic mass is 32.3. The van der Waals surface area contributed by atoms with E-state index >= 15 is 0 Å². The Morgan fingerprint density at radius 3 is 2.09 bits per heavy atom. The highest BCUT2D eigenvalue weighted by molar-refractivity contribution is 8.10. The maximum atomic E-state index is 13.4. The zero-order chi connectivity index (χ0) is 25.0. The first-order valence-electron chi connectivity index (χ1n) is 11.5. The molecule has 3 rings (SSSR count). The van der Waals surface area contributed by atoms with Crippen LogP contribution in [-0.2, 0) is 30.2 Å². The molecule has 2 aromatic carbocycles. The standard InChI is InChI=1S/C25H35NO6S2/c1-20-7-9-21(10-8-20)13-16-26(2)15-5-14-25(33(27,28)17-6-18-34(25,29)30)22-11-12-23(31-3)24(19-22)32-4/h7-12,19H,5-6,13-18H2,1-4H3. The Bertz CT molecular complexity index is 1160. The summed E-state index contributed by atoms with van der Waals surface area (Å²) in [6, 6.07) is 13.0. The largest absolute Gasteiger partial charge is 0.493 e. The van der Waals surface area contributed by atoms with Crippen molar-refractivity contribution < 1.29 is 26.3 Å². The molecule has 0 N–H and O–H groups in total. The number of rotatable bonds is 10. The van der Waals surface area contributed by atoms with Gasteiger partial charge in [0.25, 0.3) is 0 Å². The van der Waals surface area contributed by atoms with E-state index in [1.807, 2.05) is 7.05 Å². The molecule has 1 fully saturated rings. The van der Waals surface area contributed by atoms with Crippen LogP contribution < -0.4 is 9.47 Å². The van der Waals surface area contributed by atoms with Gasteiger partial charge in [0, 0.05) is 6.54 Å². The van der Waals surface area contributed by atoms with Gasteiger partial charge in [-0.05, 0) is 69.5 Å². The summed E-state index contributed by atoms with van der Waals surface area (Å²) in [5.41, 5.74) is 2.68. The summed E-state index contributed by atoms with van der Waals surface area (Å²) in [6.45, 7) is 3.44. The van der Waals surface area contributed by atoms with Gasteiger partial charge in [0.1, 0.15) is 0 Å². The first-order valence-corrected chi connectivity index (χ1v) is 14.8. The third-order valence-electron chi connectivity index (χ3n) is 6.60. The number of nitrogens with zero attached hydrogens (tertiary/aromatic N) is 1. The minimum atomic E-state index is -3.95. The lowest BCUT2D eigenvalue weighted by molar-refractivity contribution is 0.325. The van der Waals surface area contributed by atoms with Crippen molar-refractivity contribution in [1.29, 1.82) is 0 Å². The van der Waals surface area contributed by atoms with Gasteiger partial charge in [0.15, 0.2) is 35.3 Å². The second-order valence-electron chi connectivity index (χ2n) is 8.96. The van der Waals surface area contributed by atoms with E-state index in [0.717, 1.165) is 13.0 Å². The van der Waals surface area contributed by atoms with Gasteiger partial charge in [-0.1, -0.05) is 35.9 Å². The topological polar surface area (TPSA) is 90.0 Å². The van der Waals surface area contributed by atoms with E-state index in [1.165, 1.54) is 31.4 Å². The van der Waals surface area contributed by atoms with Crippen LogP contribution in [0.4, 0.5) is 0 Å². The predicted molar refractivity (Wildman–Crippen MR) is 135 cm³/mol. The average molecular weight is 510 g/mol. The van der Waals surface area contributed by atoms with Crippen molar-refractivity contribution >= 4 is 19.7 Å². The summed E-state index contributed by atoms with van der Waals surface area (Å²) in [6.07, 6.45) is 1.42. The Hall–Kier alpha value is -2.10. The van der Waals surface area contributed by atoms with Crippen molar-refractivity contribution in [3.63, 3.8) is 0 Å². The summed E-state index contributed by atoms with van der Waals surface area (Å²) in [4.78, 5) is 2.12. The number of ether oxygens (including phenoxy) is 2. The maximum Gasteiger partial charge on any atom is 0.198 e. The fourth-order valence-electron chi connectivity index (χ4n) is 4.62. The molecule has 2 aromatic rings. The molecule has 1 saturated heterocycles. The minimum Gasteiger partial charge on any atom is -0.493 e. The molecule has 0 bridgehead atoms. The molecule has 1 heterocycles. The zero-order valence-electron chi connectivity index (χ0n) is 20.4. The first-order chi connectivity index (χ1) is 16.1. The molecule has 34 heavy (non-hydrogen) atoms. The number of sulfone groups is 2. The number of likely N-dealkylation sites (N-methyl/N-ethyl adjacent to an activating group) is 1. The lowest BCUT2D eigenvalue weighted by Gasteiger charge is -2.37. The van der Waals surface area contributed by atoms with Crippen molar-refractivity contribution in [3.05, 3.63) is 59.2 Å². The molecule has 0 atom stereocenters. The Morgan fingerprint density at radius 2 is 1.50 bits per heavy atom. The maximum absolute atomic E-state index is 13.4. The SMILES string of the molecule is COc1ccc(C2(CCCN(C)CCc3ccc(C)cc3)S(=O)(=O)CCCS2(=O)=O)cc1OC. The van der Waals surface area contributed by atoms with Crippen LogP contribution in [-0.4, -0.2) is 67.6 Å². The third kappa shape index (κ3) is 5.26. The van der Waals surface area contributed by atoms with Gasteiger partial charge < -0.3 is 14.4 Å². The monoisotopic (exact) mass is 509 g/mol. The summed E-state index contributed by atoms with van der Waals surface area (Å²) in [7, 11) is -3.00. The molecule has 7 nitrogen and oxygen atoms in total. The van der Waals surface area contributed by atoms with Crippen LogP contribution >= 0.6 is 0 Å². The number of methoxy groups -OCH3 is 2. The lowest BCUT2D eigenvalue weighted by Crippen LogP contribution is -2.50. The Labute approximate surface area is 203 Å². The lowest BCUT2D eigenvalue weighted by atomic mass is 10.1. The normalized spacial score (nSPS) is 18.5. The number of hydrogen-bond acceptors (Lipinski definition) is 7. The van der Waals surface area contributed by atoms with Crippen molar-refractivity contribution in [2.24, 2.45) is 0 Å². The quantitative estimate of drug-likeness (QED) is 0.485. The minimum absolute atomic E-state index is 0.00201. The molecule has 0 spiro atoms. The molecule has 0 unspecified atom stereocenters. The van der Waals surface area contributed by atoms with E-state index in [4.69, 9.17) is 9.47 Å². The Morgan fingerprint density at radius 1 is 0.882 bits per heavy atom. The molecular weight excluding hydrogens is 474 g/mol. The van der Waals surface area contributed by atoms with E-state index in [1.54, 1.807) is 12.1 Å². The third-order valence-corrected chi connectivity index (χ3v) is 12.7. The van der Waals surface area contributed by atoms with Crippen LogP contribution in [0.1, 0.15) is 36.0 Å². The molecule has 0 radical (unpaired) electrons. The number of aryl methyl sites for hydroxylation is 1. The van der Waals surface area contributed by atoms with E-state index in [9.17, 15) is 16.8 Å². The van der Waals surface area contributed by atoms with Gasteiger partial charge in [-0.15, -0.1) is 0 Å². The van der Waals surface area contributed by atoms with Gasteiger partial charge >= 0.3 is 0 Å². The van der Waals surface area contributed by atoms with Crippen molar-refractivity contribution in [2.45, 2.75) is 36.7 Å². The molecule has 1 aliphatic heterocycles. The molecule has 188 valence electrons. The van der Waals surface area contributed by atoms with Crippen molar-refractivity contribution in [1.82, 2.24) is 4.90 Å². The van der Waals surface area contributed by atoms with Gasteiger partial charge in [0.2, 0.25) is 0 Å². The molecule has 0 saturated carbocycles. The van der Waals surface area contributed by atoms with Gasteiger partial charge in [-0.3, -0.25) is 0 Å². The highest BCUT2D eigenvalue weighted by Gasteiger charge is 2.57. The smallest absolute Gasteiger partial charge is 0.198 e. The molecule has 1 aliphatic rings. The van der Waals surface area contributed by atoms with Gasteiger partial charge in [-0.2, -0.15) is 0 Å². The molecule has 0 amide bonds. The fraction of sp³-hybridized carbons (Fsp3) is 0.520. The van der Waals surface area contributed by atoms with Crippen LogP contribution in [0, 0.1) is 6.92 Å². The van der Waals surface area contributed by atoms with Gasteiger partial charge in [0.05, 0.1) is 25.7 Å². The first kappa shape index (κ1) is 26.5. The Balaban J connectivity index is 1.84. The van der Waals surface area contributed by atoms with E-state index in [-0.39, 0.29) is 29.9 Å². The second-order valence-corrected chi connectivity index (χ2v) is 13.9. The second kappa shape index (κ2) is 10.7. The summed E-state index contributed by atoms with van der Waals surface area (Å²) < 4.78 is 62.3. The fourth-order valence-corrected chi connectivity index (χ4v) is 10.4. The van der Waals surface area contributed by atoms with Crippen LogP contribution in [0.3, 0.4) is 0 Å². The molecule has 0 aromatic heterocycles. The van der Waals surface area contributed by atoms with E-state index in [0.29, 0.717) is 24.5 Å².